The van der Waals surface area contributed by atoms with Crippen LogP contribution in [0.4, 0.5) is 0 Å². The molecule has 1 aliphatic heterocycles. The average molecular weight is 470 g/mol. The molecule has 3 rings (SSSR count). The van der Waals surface area contributed by atoms with Crippen LogP contribution in [0.1, 0.15) is 26.3 Å². The van der Waals surface area contributed by atoms with Crippen molar-refractivity contribution in [1.82, 2.24) is 15.2 Å². The number of benzene rings is 1. The Labute approximate surface area is 171 Å². The molecule has 0 unspecified atom stereocenters. The van der Waals surface area contributed by atoms with Crippen LogP contribution in [0, 0.1) is 0 Å². The van der Waals surface area contributed by atoms with Gasteiger partial charge >= 0.3 is 0 Å². The van der Waals surface area contributed by atoms with E-state index in [1.54, 1.807) is 0 Å². The molecule has 25 heavy (non-hydrogen) atoms. The highest BCUT2D eigenvalue weighted by Gasteiger charge is 2.28. The smallest absolute Gasteiger partial charge is 0.194 e. The minimum absolute atomic E-state index is 0. The normalized spacial score (nSPS) is 17.2. The second kappa shape index (κ2) is 9.07. The Morgan fingerprint density at radius 3 is 2.88 bits per heavy atom. The van der Waals surface area contributed by atoms with Gasteiger partial charge in [0.25, 0.3) is 0 Å². The van der Waals surface area contributed by atoms with E-state index in [1.807, 2.05) is 24.0 Å². The van der Waals surface area contributed by atoms with Crippen LogP contribution >= 0.6 is 35.7 Å². The van der Waals surface area contributed by atoms with E-state index in [9.17, 15) is 0 Å². The number of hydrogen-bond acceptors (Lipinski definition) is 3. The second-order valence-corrected chi connectivity index (χ2v) is 8.49. The van der Waals surface area contributed by atoms with Crippen LogP contribution in [0.25, 0.3) is 10.9 Å². The van der Waals surface area contributed by atoms with E-state index < -0.39 is 0 Å². The molecule has 0 atom stereocenters. The molecular weight excluding hydrogens is 443 g/mol. The van der Waals surface area contributed by atoms with Crippen molar-refractivity contribution in [3.63, 3.8) is 0 Å². The molecule has 0 aliphatic carbocycles. The van der Waals surface area contributed by atoms with Gasteiger partial charge in [-0.2, -0.15) is 11.8 Å². The van der Waals surface area contributed by atoms with Crippen LogP contribution in [-0.4, -0.2) is 46.0 Å². The third-order valence-corrected chi connectivity index (χ3v) is 5.50. The van der Waals surface area contributed by atoms with Gasteiger partial charge in [0.1, 0.15) is 0 Å². The van der Waals surface area contributed by atoms with Crippen LogP contribution in [0.5, 0.6) is 0 Å². The minimum Gasteiger partial charge on any atom is -0.357 e. The van der Waals surface area contributed by atoms with Gasteiger partial charge in [-0.3, -0.25) is 4.98 Å². The fraction of sp³-hybridized carbons (Fsp3) is 0.474. The van der Waals surface area contributed by atoms with E-state index >= 15 is 0 Å². The Morgan fingerprint density at radius 2 is 2.12 bits per heavy atom. The summed E-state index contributed by atoms with van der Waals surface area (Å²) in [5.41, 5.74) is 2.26. The average Bonchev–Trinajstić information content (AvgIpc) is 2.57. The minimum atomic E-state index is 0. The number of hydrogen-bond donors (Lipinski definition) is 1. The van der Waals surface area contributed by atoms with Crippen molar-refractivity contribution in [2.24, 2.45) is 4.99 Å². The van der Waals surface area contributed by atoms with Crippen molar-refractivity contribution in [3.8, 4) is 0 Å². The molecule has 6 heteroatoms. The first-order valence-electron chi connectivity index (χ1n) is 8.59. The maximum atomic E-state index is 4.92. The Morgan fingerprint density at radius 1 is 1.32 bits per heavy atom. The van der Waals surface area contributed by atoms with Crippen molar-refractivity contribution in [2.75, 3.05) is 25.4 Å². The first-order chi connectivity index (χ1) is 11.6. The van der Waals surface area contributed by atoms with Gasteiger partial charge in [-0.15, -0.1) is 24.0 Å². The summed E-state index contributed by atoms with van der Waals surface area (Å²) >= 11 is 2.04. The molecule has 136 valence electrons. The lowest BCUT2D eigenvalue weighted by molar-refractivity contribution is 0.376. The highest BCUT2D eigenvalue weighted by Crippen LogP contribution is 2.29. The molecule has 0 amide bonds. The molecule has 4 nitrogen and oxygen atoms in total. The molecule has 0 bridgehead atoms. The lowest BCUT2D eigenvalue weighted by Crippen LogP contribution is -2.50. The van der Waals surface area contributed by atoms with Crippen molar-refractivity contribution in [1.29, 1.82) is 0 Å². The summed E-state index contributed by atoms with van der Waals surface area (Å²) in [6, 6.07) is 10.3. The second-order valence-electron chi connectivity index (χ2n) is 6.69. The SMILES string of the molecule is CCNC(=NCc1ccnc2ccccc12)N1CCSC(C)(C)C1.I. The molecule has 1 saturated heterocycles. The molecule has 2 heterocycles. The molecule has 0 saturated carbocycles. The summed E-state index contributed by atoms with van der Waals surface area (Å²) in [7, 11) is 0. The van der Waals surface area contributed by atoms with E-state index in [1.165, 1.54) is 10.9 Å². The molecular formula is C19H27IN4S. The molecule has 0 radical (unpaired) electrons. The summed E-state index contributed by atoms with van der Waals surface area (Å²) in [6.07, 6.45) is 1.88. The van der Waals surface area contributed by atoms with E-state index in [-0.39, 0.29) is 28.7 Å². The predicted octanol–water partition coefficient (Wildman–Crippen LogP) is 4.15. The first kappa shape index (κ1) is 20.3. The van der Waals surface area contributed by atoms with Crippen LogP contribution in [0.15, 0.2) is 41.5 Å². The van der Waals surface area contributed by atoms with Gasteiger partial charge in [0.15, 0.2) is 5.96 Å². The van der Waals surface area contributed by atoms with Crippen molar-refractivity contribution in [2.45, 2.75) is 32.1 Å². The van der Waals surface area contributed by atoms with Gasteiger partial charge in [0, 0.05) is 41.7 Å². The highest BCUT2D eigenvalue weighted by atomic mass is 127. The van der Waals surface area contributed by atoms with E-state index in [0.717, 1.165) is 36.9 Å². The number of aromatic nitrogens is 1. The number of thioether (sulfide) groups is 1. The van der Waals surface area contributed by atoms with Crippen molar-refractivity contribution in [3.05, 3.63) is 42.1 Å². The van der Waals surface area contributed by atoms with Crippen LogP contribution < -0.4 is 5.32 Å². The molecule has 1 aliphatic rings. The van der Waals surface area contributed by atoms with E-state index in [4.69, 9.17) is 4.99 Å². The maximum Gasteiger partial charge on any atom is 0.194 e. The zero-order chi connectivity index (χ0) is 17.0. The number of rotatable bonds is 3. The third-order valence-electron chi connectivity index (χ3n) is 4.20. The van der Waals surface area contributed by atoms with Gasteiger partial charge in [0.05, 0.1) is 12.1 Å². The molecule has 1 fully saturated rings. The monoisotopic (exact) mass is 470 g/mol. The number of nitrogens with one attached hydrogen (secondary N) is 1. The number of fused-ring (bicyclic) bond motifs is 1. The number of nitrogens with zero attached hydrogens (tertiary/aromatic N) is 3. The number of para-hydroxylation sites is 1. The Hall–Kier alpha value is -1.02. The quantitative estimate of drug-likeness (QED) is 0.416. The summed E-state index contributed by atoms with van der Waals surface area (Å²) in [5, 5.41) is 4.65. The summed E-state index contributed by atoms with van der Waals surface area (Å²) in [5.74, 6) is 2.17. The summed E-state index contributed by atoms with van der Waals surface area (Å²) < 4.78 is 0.276. The molecule has 0 spiro atoms. The fourth-order valence-corrected chi connectivity index (χ4v) is 4.19. The highest BCUT2D eigenvalue weighted by molar-refractivity contribution is 14.0. The van der Waals surface area contributed by atoms with Gasteiger partial charge in [-0.1, -0.05) is 18.2 Å². The van der Waals surface area contributed by atoms with Crippen LogP contribution in [0.2, 0.25) is 0 Å². The van der Waals surface area contributed by atoms with E-state index in [2.05, 4.69) is 60.2 Å². The lowest BCUT2D eigenvalue weighted by atomic mass is 10.1. The third kappa shape index (κ3) is 5.23. The van der Waals surface area contributed by atoms with Crippen LogP contribution in [-0.2, 0) is 6.54 Å². The van der Waals surface area contributed by atoms with Gasteiger partial charge < -0.3 is 10.2 Å². The Kier molecular flexibility index (Phi) is 7.37. The number of guanidine groups is 1. The molecule has 1 N–H and O–H groups in total. The zero-order valence-corrected chi connectivity index (χ0v) is 18.3. The Bertz CT molecular complexity index is 727. The number of halogens is 1. The summed E-state index contributed by atoms with van der Waals surface area (Å²) in [4.78, 5) is 11.7. The Balaban J connectivity index is 0.00000225. The zero-order valence-electron chi connectivity index (χ0n) is 15.2. The van der Waals surface area contributed by atoms with E-state index in [0.29, 0.717) is 6.54 Å². The number of pyridine rings is 1. The van der Waals surface area contributed by atoms with Crippen LogP contribution in [0.3, 0.4) is 0 Å². The molecule has 1 aromatic carbocycles. The van der Waals surface area contributed by atoms with Gasteiger partial charge in [0.2, 0.25) is 0 Å². The molecule has 2 aromatic rings. The topological polar surface area (TPSA) is 40.5 Å². The lowest BCUT2D eigenvalue weighted by Gasteiger charge is -2.39. The van der Waals surface area contributed by atoms with Gasteiger partial charge in [-0.05, 0) is 38.5 Å². The van der Waals surface area contributed by atoms with Gasteiger partial charge in [-0.25, -0.2) is 4.99 Å². The maximum absolute atomic E-state index is 4.92. The number of aliphatic imine (C=N–C) groups is 1. The predicted molar refractivity (Wildman–Crippen MR) is 120 cm³/mol. The standard InChI is InChI=1S/C19H26N4S.HI/c1-4-20-18(23-11-12-24-19(2,3)14-23)22-13-15-9-10-21-17-8-6-5-7-16(15)17;/h5-10H,4,11-14H2,1-3H3,(H,20,22);1H. The van der Waals surface area contributed by atoms with Crippen molar-refractivity contribution < 1.29 is 0 Å². The molecule has 1 aromatic heterocycles. The van der Waals surface area contributed by atoms with Crippen molar-refractivity contribution >= 4 is 52.6 Å². The first-order valence-corrected chi connectivity index (χ1v) is 9.57. The fourth-order valence-electron chi connectivity index (χ4n) is 3.08. The summed E-state index contributed by atoms with van der Waals surface area (Å²) in [6.45, 7) is 10.4. The largest absolute Gasteiger partial charge is 0.357 e.